The maximum absolute atomic E-state index is 12.8. The summed E-state index contributed by atoms with van der Waals surface area (Å²) in [6, 6.07) is 19.7. The molecular weight excluding hydrogens is 412 g/mol. The van der Waals surface area contributed by atoms with E-state index in [-0.39, 0.29) is 5.91 Å². The lowest BCUT2D eigenvalue weighted by atomic mass is 10.0. The first kappa shape index (κ1) is 20.4. The monoisotopic (exact) mass is 434 g/mol. The molecule has 0 saturated carbocycles. The van der Waals surface area contributed by atoms with Gasteiger partial charge in [0.2, 0.25) is 0 Å². The van der Waals surface area contributed by atoms with Crippen LogP contribution in [0.4, 0.5) is 5.82 Å². The van der Waals surface area contributed by atoms with Crippen LogP contribution in [0.15, 0.2) is 91.6 Å². The van der Waals surface area contributed by atoms with Crippen LogP contribution in [0.1, 0.15) is 27.0 Å². The zero-order valence-corrected chi connectivity index (χ0v) is 17.8. The molecule has 5 rings (SSSR count). The summed E-state index contributed by atoms with van der Waals surface area (Å²) < 4.78 is 1.82. The summed E-state index contributed by atoms with van der Waals surface area (Å²) in [5.74, 6) is 0.338. The van der Waals surface area contributed by atoms with Crippen LogP contribution in [0, 0.1) is 0 Å². The number of hydrogen-bond acceptors (Lipinski definition) is 5. The molecule has 0 aliphatic rings. The number of fused-ring (bicyclic) bond motifs is 1. The second-order valence-electron chi connectivity index (χ2n) is 7.81. The van der Waals surface area contributed by atoms with E-state index in [0.717, 1.165) is 33.2 Å². The first-order valence-electron chi connectivity index (χ1n) is 10.6. The largest absolute Gasteiger partial charge is 0.383 e. The summed E-state index contributed by atoms with van der Waals surface area (Å²) in [4.78, 5) is 21.1. The normalized spacial score (nSPS) is 10.9. The van der Waals surface area contributed by atoms with E-state index in [2.05, 4.69) is 32.5 Å². The molecule has 7 heteroatoms. The van der Waals surface area contributed by atoms with Gasteiger partial charge in [0.05, 0.1) is 11.3 Å². The maximum atomic E-state index is 12.8. The van der Waals surface area contributed by atoms with E-state index < -0.39 is 0 Å². The minimum atomic E-state index is -0.163. The average Bonchev–Trinajstić information content (AvgIpc) is 3.38. The zero-order valence-electron chi connectivity index (χ0n) is 17.8. The van der Waals surface area contributed by atoms with E-state index in [1.54, 1.807) is 24.8 Å². The van der Waals surface area contributed by atoms with Crippen molar-refractivity contribution in [1.82, 2.24) is 25.1 Å². The second-order valence-corrected chi connectivity index (χ2v) is 7.81. The lowest BCUT2D eigenvalue weighted by molar-refractivity contribution is 0.0950. The van der Waals surface area contributed by atoms with Crippen LogP contribution in [-0.4, -0.2) is 25.7 Å². The van der Waals surface area contributed by atoms with Crippen LogP contribution >= 0.6 is 0 Å². The number of aromatic nitrogens is 4. The van der Waals surface area contributed by atoms with E-state index in [1.807, 2.05) is 59.4 Å². The molecule has 7 nitrogen and oxygen atoms in total. The fourth-order valence-electron chi connectivity index (χ4n) is 3.82. The highest BCUT2D eigenvalue weighted by Crippen LogP contribution is 2.20. The highest BCUT2D eigenvalue weighted by molar-refractivity contribution is 5.94. The van der Waals surface area contributed by atoms with E-state index >= 15 is 0 Å². The fourth-order valence-corrected chi connectivity index (χ4v) is 3.82. The number of pyridine rings is 2. The summed E-state index contributed by atoms with van der Waals surface area (Å²) >= 11 is 0. The van der Waals surface area contributed by atoms with Gasteiger partial charge in [0.25, 0.3) is 5.91 Å². The van der Waals surface area contributed by atoms with Crippen molar-refractivity contribution in [1.29, 1.82) is 0 Å². The molecule has 0 atom stereocenters. The Balaban J connectivity index is 1.27. The standard InChI is InChI=1S/C26H22N6O/c27-25-24-6-5-19(12-21(24)7-9-29-25)16-30-26(33)22-13-20(15-28-17-22)11-18-3-1-4-23(14-18)32-10-2-8-31-32/h1-10,12-15,17H,11,16H2,(H2,27,29)(H,30,33). The number of rotatable bonds is 6. The Morgan fingerprint density at radius 2 is 1.88 bits per heavy atom. The number of amides is 1. The SMILES string of the molecule is Nc1nccc2cc(CNC(=O)c3cncc(Cc4cccc(-n5cccn5)c4)c3)ccc12. The molecule has 0 bridgehead atoms. The van der Waals surface area contributed by atoms with Crippen LogP contribution in [0.5, 0.6) is 0 Å². The lowest BCUT2D eigenvalue weighted by Gasteiger charge is -2.09. The molecule has 2 aromatic carbocycles. The minimum Gasteiger partial charge on any atom is -0.383 e. The summed E-state index contributed by atoms with van der Waals surface area (Å²) in [6.45, 7) is 0.410. The molecule has 0 unspecified atom stereocenters. The molecule has 0 saturated heterocycles. The zero-order chi connectivity index (χ0) is 22.6. The average molecular weight is 435 g/mol. The molecule has 33 heavy (non-hydrogen) atoms. The Labute approximate surface area is 190 Å². The van der Waals surface area contributed by atoms with Gasteiger partial charge in [0.15, 0.2) is 0 Å². The van der Waals surface area contributed by atoms with Crippen molar-refractivity contribution in [2.45, 2.75) is 13.0 Å². The van der Waals surface area contributed by atoms with Gasteiger partial charge < -0.3 is 11.1 Å². The van der Waals surface area contributed by atoms with Crippen molar-refractivity contribution in [3.05, 3.63) is 114 Å². The first-order valence-corrected chi connectivity index (χ1v) is 10.6. The molecule has 5 aromatic rings. The number of hydrogen-bond donors (Lipinski definition) is 2. The number of carbonyl (C=O) groups excluding carboxylic acids is 1. The number of nitrogens with one attached hydrogen (secondary N) is 1. The molecule has 3 N–H and O–H groups in total. The molecule has 3 aromatic heterocycles. The van der Waals surface area contributed by atoms with Gasteiger partial charge in [-0.25, -0.2) is 9.67 Å². The highest BCUT2D eigenvalue weighted by Gasteiger charge is 2.09. The number of nitrogen functional groups attached to an aromatic ring is 1. The third-order valence-electron chi connectivity index (χ3n) is 5.46. The maximum Gasteiger partial charge on any atom is 0.253 e. The van der Waals surface area contributed by atoms with E-state index in [4.69, 9.17) is 5.73 Å². The Morgan fingerprint density at radius 3 is 2.76 bits per heavy atom. The quantitative estimate of drug-likeness (QED) is 0.422. The molecule has 0 aliphatic carbocycles. The van der Waals surface area contributed by atoms with Gasteiger partial charge in [-0.1, -0.05) is 24.3 Å². The molecule has 0 fully saturated rings. The Bertz CT molecular complexity index is 1430. The minimum absolute atomic E-state index is 0.163. The van der Waals surface area contributed by atoms with Gasteiger partial charge in [-0.05, 0) is 64.9 Å². The predicted octanol–water partition coefficient (Wildman–Crippen LogP) is 3.92. The van der Waals surface area contributed by atoms with Gasteiger partial charge >= 0.3 is 0 Å². The number of nitrogens with zero attached hydrogens (tertiary/aromatic N) is 4. The van der Waals surface area contributed by atoms with Crippen molar-refractivity contribution in [3.63, 3.8) is 0 Å². The van der Waals surface area contributed by atoms with Crippen LogP contribution in [0.3, 0.4) is 0 Å². The van der Waals surface area contributed by atoms with Crippen LogP contribution in [-0.2, 0) is 13.0 Å². The number of anilines is 1. The fraction of sp³-hybridized carbons (Fsp3) is 0.0769. The van der Waals surface area contributed by atoms with Crippen LogP contribution in [0.25, 0.3) is 16.5 Å². The Hall–Kier alpha value is -4.52. The van der Waals surface area contributed by atoms with Gasteiger partial charge in [-0.15, -0.1) is 0 Å². The molecule has 162 valence electrons. The molecule has 3 heterocycles. The summed E-state index contributed by atoms with van der Waals surface area (Å²) in [5.41, 5.74) is 10.5. The molecule has 0 radical (unpaired) electrons. The number of benzene rings is 2. The summed E-state index contributed by atoms with van der Waals surface area (Å²) in [7, 11) is 0. The van der Waals surface area contributed by atoms with Gasteiger partial charge in [0, 0.05) is 42.9 Å². The van der Waals surface area contributed by atoms with Crippen LogP contribution in [0.2, 0.25) is 0 Å². The number of nitrogens with two attached hydrogens (primary N) is 1. The molecule has 1 amide bonds. The van der Waals surface area contributed by atoms with E-state index in [9.17, 15) is 4.79 Å². The van der Waals surface area contributed by atoms with Crippen molar-refractivity contribution >= 4 is 22.5 Å². The topological polar surface area (TPSA) is 98.7 Å². The van der Waals surface area contributed by atoms with Gasteiger partial charge in [0.1, 0.15) is 5.82 Å². The van der Waals surface area contributed by atoms with E-state index in [1.165, 1.54) is 0 Å². The Morgan fingerprint density at radius 1 is 0.939 bits per heavy atom. The molecule has 0 aliphatic heterocycles. The molecular formula is C26H22N6O. The highest BCUT2D eigenvalue weighted by atomic mass is 16.1. The van der Waals surface area contributed by atoms with Crippen molar-refractivity contribution in [2.75, 3.05) is 5.73 Å². The second kappa shape index (κ2) is 8.92. The smallest absolute Gasteiger partial charge is 0.253 e. The van der Waals surface area contributed by atoms with Crippen molar-refractivity contribution in [2.24, 2.45) is 0 Å². The third-order valence-corrected chi connectivity index (χ3v) is 5.46. The Kier molecular flexibility index (Phi) is 5.51. The third kappa shape index (κ3) is 4.57. The van der Waals surface area contributed by atoms with Gasteiger partial charge in [-0.3, -0.25) is 9.78 Å². The van der Waals surface area contributed by atoms with Crippen molar-refractivity contribution in [3.8, 4) is 5.69 Å². The predicted molar refractivity (Wildman–Crippen MR) is 128 cm³/mol. The van der Waals surface area contributed by atoms with E-state index in [0.29, 0.717) is 24.3 Å². The summed E-state index contributed by atoms with van der Waals surface area (Å²) in [6.07, 6.45) is 9.40. The number of carbonyl (C=O) groups is 1. The van der Waals surface area contributed by atoms with Crippen molar-refractivity contribution < 1.29 is 4.79 Å². The first-order chi connectivity index (χ1) is 16.2. The van der Waals surface area contributed by atoms with Crippen LogP contribution < -0.4 is 11.1 Å². The molecule has 0 spiro atoms. The summed E-state index contributed by atoms with van der Waals surface area (Å²) in [5, 5.41) is 9.16. The lowest BCUT2D eigenvalue weighted by Crippen LogP contribution is -2.23. The van der Waals surface area contributed by atoms with Gasteiger partial charge in [-0.2, -0.15) is 5.10 Å².